The van der Waals surface area contributed by atoms with Gasteiger partial charge in [-0.25, -0.2) is 4.98 Å². The third-order valence-electron chi connectivity index (χ3n) is 4.89. The van der Waals surface area contributed by atoms with E-state index in [4.69, 9.17) is 4.74 Å². The van der Waals surface area contributed by atoms with Gasteiger partial charge in [-0.3, -0.25) is 4.90 Å². The van der Waals surface area contributed by atoms with E-state index in [2.05, 4.69) is 42.1 Å². The highest BCUT2D eigenvalue weighted by molar-refractivity contribution is 5.44. The third-order valence-corrected chi connectivity index (χ3v) is 4.89. The van der Waals surface area contributed by atoms with E-state index in [1.165, 1.54) is 0 Å². The van der Waals surface area contributed by atoms with Crippen molar-refractivity contribution in [2.45, 2.75) is 25.5 Å². The summed E-state index contributed by atoms with van der Waals surface area (Å²) < 4.78 is 9.91. The number of aryl methyl sites for hydroxylation is 2. The van der Waals surface area contributed by atoms with Gasteiger partial charge in [0, 0.05) is 32.8 Å². The molecule has 0 aliphatic carbocycles. The van der Waals surface area contributed by atoms with Crippen LogP contribution in [0.15, 0.2) is 24.7 Å². The quantitative estimate of drug-likeness (QED) is 0.727. The summed E-state index contributed by atoms with van der Waals surface area (Å²) in [6.07, 6.45) is 4.54. The summed E-state index contributed by atoms with van der Waals surface area (Å²) in [4.78, 5) is 6.58. The van der Waals surface area contributed by atoms with E-state index in [0.29, 0.717) is 6.54 Å². The molecule has 1 saturated heterocycles. The molecule has 4 heterocycles. The van der Waals surface area contributed by atoms with E-state index in [1.807, 2.05) is 38.6 Å². The normalized spacial score (nSPS) is 21.3. The van der Waals surface area contributed by atoms with Crippen LogP contribution >= 0.6 is 0 Å². The zero-order chi connectivity index (χ0) is 18.1. The van der Waals surface area contributed by atoms with E-state index in [1.54, 1.807) is 4.52 Å². The van der Waals surface area contributed by atoms with Gasteiger partial charge in [-0.05, 0) is 19.2 Å². The second-order valence-corrected chi connectivity index (χ2v) is 6.60. The summed E-state index contributed by atoms with van der Waals surface area (Å²) >= 11 is 0. The Kier molecular flexibility index (Phi) is 4.56. The Balaban J connectivity index is 1.53. The zero-order valence-corrected chi connectivity index (χ0v) is 15.3. The first kappa shape index (κ1) is 16.9. The number of nitrogens with zero attached hydrogens (tertiary/aromatic N) is 7. The van der Waals surface area contributed by atoms with Crippen LogP contribution in [-0.2, 0) is 18.2 Å². The minimum atomic E-state index is 0.00760. The van der Waals surface area contributed by atoms with Gasteiger partial charge in [-0.15, -0.1) is 15.3 Å². The van der Waals surface area contributed by atoms with Gasteiger partial charge in [0.2, 0.25) is 0 Å². The summed E-state index contributed by atoms with van der Waals surface area (Å²) in [6, 6.07) is 4.00. The third kappa shape index (κ3) is 3.04. The standard InChI is InChI=1S/C17H24N8O/c1-4-15-20-21-16-6-5-14(22-25(15)16)19-10-13-17(23(2)7-8-26-13)12-9-18-11-24(12)3/h5-6,9,11,13,17H,4,7-8,10H2,1-3H3,(H,19,22)/t13-,17-/m0/s1. The van der Waals surface area contributed by atoms with Crippen LogP contribution in [0.5, 0.6) is 0 Å². The average molecular weight is 356 g/mol. The Morgan fingerprint density at radius 2 is 2.15 bits per heavy atom. The Labute approximate surface area is 152 Å². The molecule has 1 aliphatic heterocycles. The second-order valence-electron chi connectivity index (χ2n) is 6.60. The van der Waals surface area contributed by atoms with Gasteiger partial charge in [0.25, 0.3) is 0 Å². The summed E-state index contributed by atoms with van der Waals surface area (Å²) in [5.41, 5.74) is 1.91. The molecule has 9 nitrogen and oxygen atoms in total. The van der Waals surface area contributed by atoms with Crippen molar-refractivity contribution in [2.24, 2.45) is 7.05 Å². The fourth-order valence-corrected chi connectivity index (χ4v) is 3.45. The van der Waals surface area contributed by atoms with Gasteiger partial charge in [-0.1, -0.05) is 6.92 Å². The molecule has 0 saturated carbocycles. The van der Waals surface area contributed by atoms with E-state index in [0.717, 1.165) is 42.6 Å². The van der Waals surface area contributed by atoms with Crippen molar-refractivity contribution in [2.75, 3.05) is 32.1 Å². The van der Waals surface area contributed by atoms with Crippen LogP contribution < -0.4 is 5.32 Å². The maximum absolute atomic E-state index is 6.07. The predicted molar refractivity (Wildman–Crippen MR) is 97.0 cm³/mol. The number of fused-ring (bicyclic) bond motifs is 1. The van der Waals surface area contributed by atoms with Crippen LogP contribution in [-0.4, -0.2) is 67.1 Å². The lowest BCUT2D eigenvalue weighted by Gasteiger charge is -2.39. The number of morpholine rings is 1. The van der Waals surface area contributed by atoms with E-state index < -0.39 is 0 Å². The molecule has 9 heteroatoms. The Morgan fingerprint density at radius 1 is 1.27 bits per heavy atom. The SMILES string of the molecule is CCc1nnc2ccc(NC[C@@H]3OCCN(C)[C@H]3c3cncn3C)nn12. The number of imidazole rings is 1. The van der Waals surface area contributed by atoms with Gasteiger partial charge in [0.15, 0.2) is 11.5 Å². The van der Waals surface area contributed by atoms with E-state index >= 15 is 0 Å². The Bertz CT molecular complexity index is 888. The molecule has 3 aromatic rings. The lowest BCUT2D eigenvalue weighted by atomic mass is 10.0. The first-order valence-electron chi connectivity index (χ1n) is 8.90. The molecule has 4 rings (SSSR count). The van der Waals surface area contributed by atoms with Crippen LogP contribution in [0.3, 0.4) is 0 Å². The van der Waals surface area contributed by atoms with Gasteiger partial charge < -0.3 is 14.6 Å². The first-order valence-corrected chi connectivity index (χ1v) is 8.90. The van der Waals surface area contributed by atoms with Crippen LogP contribution in [0, 0.1) is 0 Å². The molecule has 26 heavy (non-hydrogen) atoms. The summed E-state index contributed by atoms with van der Waals surface area (Å²) in [6.45, 7) is 4.32. The largest absolute Gasteiger partial charge is 0.373 e. The molecular weight excluding hydrogens is 332 g/mol. The zero-order valence-electron chi connectivity index (χ0n) is 15.3. The topological polar surface area (TPSA) is 85.4 Å². The summed E-state index contributed by atoms with van der Waals surface area (Å²) in [5.74, 6) is 1.64. The van der Waals surface area contributed by atoms with Crippen LogP contribution in [0.25, 0.3) is 5.65 Å². The molecule has 2 atom stereocenters. The minimum absolute atomic E-state index is 0.00760. The smallest absolute Gasteiger partial charge is 0.178 e. The number of nitrogens with one attached hydrogen (secondary N) is 1. The van der Waals surface area contributed by atoms with Gasteiger partial charge in [0.1, 0.15) is 5.82 Å². The molecule has 0 radical (unpaired) electrons. The maximum atomic E-state index is 6.07. The Morgan fingerprint density at radius 3 is 2.92 bits per heavy atom. The van der Waals surface area contributed by atoms with Crippen LogP contribution in [0.4, 0.5) is 5.82 Å². The molecular formula is C17H24N8O. The summed E-state index contributed by atoms with van der Waals surface area (Å²) in [5, 5.41) is 16.3. The molecule has 1 fully saturated rings. The minimum Gasteiger partial charge on any atom is -0.373 e. The van der Waals surface area contributed by atoms with Gasteiger partial charge in [0.05, 0.1) is 30.8 Å². The number of anilines is 1. The highest BCUT2D eigenvalue weighted by Gasteiger charge is 2.33. The highest BCUT2D eigenvalue weighted by Crippen LogP contribution is 2.28. The van der Waals surface area contributed by atoms with Crippen molar-refractivity contribution in [3.63, 3.8) is 0 Å². The lowest BCUT2D eigenvalue weighted by molar-refractivity contribution is -0.0578. The van der Waals surface area contributed by atoms with Crippen molar-refractivity contribution in [1.29, 1.82) is 0 Å². The van der Waals surface area contributed by atoms with E-state index in [-0.39, 0.29) is 12.1 Å². The fraction of sp³-hybridized carbons (Fsp3) is 0.529. The maximum Gasteiger partial charge on any atom is 0.178 e. The molecule has 1 aliphatic rings. The molecule has 3 aromatic heterocycles. The predicted octanol–water partition coefficient (Wildman–Crippen LogP) is 0.904. The number of likely N-dealkylation sites (N-methyl/N-ethyl adjacent to an activating group) is 1. The first-order chi connectivity index (χ1) is 12.7. The van der Waals surface area contributed by atoms with Crippen molar-refractivity contribution in [3.8, 4) is 0 Å². The molecule has 0 unspecified atom stereocenters. The van der Waals surface area contributed by atoms with Crippen LogP contribution in [0.1, 0.15) is 24.5 Å². The fourth-order valence-electron chi connectivity index (χ4n) is 3.45. The van der Waals surface area contributed by atoms with E-state index in [9.17, 15) is 0 Å². The van der Waals surface area contributed by atoms with Crippen molar-refractivity contribution in [3.05, 3.63) is 36.2 Å². The number of rotatable bonds is 5. The second kappa shape index (κ2) is 7.00. The number of hydrogen-bond acceptors (Lipinski definition) is 7. The highest BCUT2D eigenvalue weighted by atomic mass is 16.5. The number of hydrogen-bond donors (Lipinski definition) is 1. The average Bonchev–Trinajstić information content (AvgIpc) is 3.25. The van der Waals surface area contributed by atoms with Crippen molar-refractivity contribution in [1.82, 2.24) is 34.3 Å². The molecule has 0 spiro atoms. The molecule has 0 aromatic carbocycles. The molecule has 0 amide bonds. The monoisotopic (exact) mass is 356 g/mol. The molecule has 1 N–H and O–H groups in total. The summed E-state index contributed by atoms with van der Waals surface area (Å²) in [7, 11) is 4.14. The molecule has 0 bridgehead atoms. The number of ether oxygens (including phenoxy) is 1. The Hall–Kier alpha value is -2.52. The van der Waals surface area contributed by atoms with Crippen molar-refractivity contribution >= 4 is 11.5 Å². The molecule has 138 valence electrons. The lowest BCUT2D eigenvalue weighted by Crippen LogP contribution is -2.46. The van der Waals surface area contributed by atoms with Crippen LogP contribution in [0.2, 0.25) is 0 Å². The number of aromatic nitrogens is 6. The van der Waals surface area contributed by atoms with Crippen molar-refractivity contribution < 1.29 is 4.74 Å². The van der Waals surface area contributed by atoms with Gasteiger partial charge >= 0.3 is 0 Å². The van der Waals surface area contributed by atoms with Gasteiger partial charge in [-0.2, -0.15) is 4.52 Å².